The number of ether oxygens (including phenoxy) is 2. The highest BCUT2D eigenvalue weighted by Crippen LogP contribution is 2.38. The summed E-state index contributed by atoms with van der Waals surface area (Å²) < 4.78 is 39.4. The van der Waals surface area contributed by atoms with Crippen molar-refractivity contribution < 1.29 is 22.7 Å². The van der Waals surface area contributed by atoms with Gasteiger partial charge in [-0.3, -0.25) is 9.52 Å². The molecule has 0 unspecified atom stereocenters. The molecule has 0 aliphatic heterocycles. The maximum absolute atomic E-state index is 13.2. The molecule has 1 aliphatic rings. The largest absolute Gasteiger partial charge is 0.495 e. The van der Waals surface area contributed by atoms with Crippen molar-refractivity contribution in [3.8, 4) is 11.5 Å². The predicted octanol–water partition coefficient (Wildman–Crippen LogP) is 4.47. The molecular formula is C21H21ClN2O5S. The lowest BCUT2D eigenvalue weighted by Crippen LogP contribution is -2.15. The molecule has 1 aromatic heterocycles. The van der Waals surface area contributed by atoms with E-state index in [1.165, 1.54) is 26.4 Å². The molecule has 0 amide bonds. The van der Waals surface area contributed by atoms with E-state index in [4.69, 9.17) is 21.1 Å². The number of sulfonamides is 1. The fourth-order valence-electron chi connectivity index (χ4n) is 3.87. The number of carbonyl (C=O) groups is 1. The molecule has 0 atom stereocenters. The molecule has 0 spiro atoms. The van der Waals surface area contributed by atoms with Crippen molar-refractivity contribution in [2.75, 3.05) is 18.9 Å². The fourth-order valence-corrected chi connectivity index (χ4v) is 5.43. The Morgan fingerprint density at radius 2 is 1.80 bits per heavy atom. The van der Waals surface area contributed by atoms with E-state index in [2.05, 4.69) is 9.71 Å². The standard InChI is InChI=1S/C21H21ClN2O5S/c1-11-7-12-15(23-14-5-4-6-17(25)21(12)14)9-20(11)30(26,27)24-16-8-13(22)18(28-2)10-19(16)29-3/h7-10,23-24H,4-6H2,1-3H3. The van der Waals surface area contributed by atoms with E-state index >= 15 is 0 Å². The van der Waals surface area contributed by atoms with Crippen LogP contribution in [-0.2, 0) is 16.4 Å². The molecule has 1 aliphatic carbocycles. The third-order valence-corrected chi connectivity index (χ3v) is 7.09. The topological polar surface area (TPSA) is 97.5 Å². The second-order valence-electron chi connectivity index (χ2n) is 7.21. The van der Waals surface area contributed by atoms with E-state index in [-0.39, 0.29) is 27.1 Å². The lowest BCUT2D eigenvalue weighted by molar-refractivity contribution is 0.0974. The molecule has 30 heavy (non-hydrogen) atoms. The highest BCUT2D eigenvalue weighted by Gasteiger charge is 2.26. The number of halogens is 1. The number of rotatable bonds is 5. The number of aromatic amines is 1. The minimum atomic E-state index is -3.95. The van der Waals surface area contributed by atoms with Gasteiger partial charge in [-0.15, -0.1) is 0 Å². The van der Waals surface area contributed by atoms with Crippen molar-refractivity contribution >= 4 is 44.0 Å². The Balaban J connectivity index is 1.79. The van der Waals surface area contributed by atoms with E-state index in [9.17, 15) is 13.2 Å². The van der Waals surface area contributed by atoms with E-state index < -0.39 is 10.0 Å². The zero-order valence-electron chi connectivity index (χ0n) is 16.8. The van der Waals surface area contributed by atoms with Crippen LogP contribution in [0.1, 0.15) is 34.5 Å². The van der Waals surface area contributed by atoms with Gasteiger partial charge in [0.1, 0.15) is 11.5 Å². The van der Waals surface area contributed by atoms with Crippen molar-refractivity contribution in [2.24, 2.45) is 0 Å². The van der Waals surface area contributed by atoms with Crippen molar-refractivity contribution in [3.63, 3.8) is 0 Å². The number of fused-ring (bicyclic) bond motifs is 3. The minimum absolute atomic E-state index is 0.0910. The van der Waals surface area contributed by atoms with E-state index in [0.717, 1.165) is 23.9 Å². The number of aryl methyl sites for hydroxylation is 2. The van der Waals surface area contributed by atoms with Crippen LogP contribution in [0.3, 0.4) is 0 Å². The van der Waals surface area contributed by atoms with Gasteiger partial charge >= 0.3 is 0 Å². The van der Waals surface area contributed by atoms with Gasteiger partial charge in [-0.05, 0) is 43.5 Å². The summed E-state index contributed by atoms with van der Waals surface area (Å²) in [4.78, 5) is 15.7. The smallest absolute Gasteiger partial charge is 0.262 e. The molecule has 4 rings (SSSR count). The van der Waals surface area contributed by atoms with Gasteiger partial charge in [-0.2, -0.15) is 0 Å². The molecule has 2 aromatic carbocycles. The summed E-state index contributed by atoms with van der Waals surface area (Å²) in [6.45, 7) is 1.71. The summed E-state index contributed by atoms with van der Waals surface area (Å²) in [5.41, 5.74) is 2.91. The Labute approximate surface area is 179 Å². The number of H-pyrrole nitrogens is 1. The van der Waals surface area contributed by atoms with Crippen molar-refractivity contribution in [2.45, 2.75) is 31.1 Å². The number of ketones is 1. The van der Waals surface area contributed by atoms with E-state index in [1.54, 1.807) is 19.1 Å². The summed E-state index contributed by atoms with van der Waals surface area (Å²) in [6, 6.07) is 6.27. The van der Waals surface area contributed by atoms with Gasteiger partial charge in [0.15, 0.2) is 5.78 Å². The average Bonchev–Trinajstić information content (AvgIpc) is 3.06. The third-order valence-electron chi connectivity index (χ3n) is 5.29. The van der Waals surface area contributed by atoms with Crippen LogP contribution in [0, 0.1) is 6.92 Å². The van der Waals surface area contributed by atoms with Crippen LogP contribution >= 0.6 is 11.6 Å². The molecule has 0 saturated carbocycles. The highest BCUT2D eigenvalue weighted by atomic mass is 35.5. The zero-order chi connectivity index (χ0) is 21.6. The summed E-state index contributed by atoms with van der Waals surface area (Å²) in [5, 5.41) is 1.01. The predicted molar refractivity (Wildman–Crippen MR) is 116 cm³/mol. The molecule has 1 heterocycles. The Morgan fingerprint density at radius 1 is 1.07 bits per heavy atom. The lowest BCUT2D eigenvalue weighted by Gasteiger charge is -2.15. The fraction of sp³-hybridized carbons (Fsp3) is 0.286. The van der Waals surface area contributed by atoms with Gasteiger partial charge in [-0.25, -0.2) is 8.42 Å². The first-order valence-electron chi connectivity index (χ1n) is 9.38. The second kappa shape index (κ2) is 7.52. The lowest BCUT2D eigenvalue weighted by atomic mass is 9.94. The SMILES string of the molecule is COc1cc(OC)c(NS(=O)(=O)c2cc3[nH]c4c(c3cc2C)C(=O)CCC4)cc1Cl. The normalized spacial score (nSPS) is 13.9. The summed E-state index contributed by atoms with van der Waals surface area (Å²) in [6.07, 6.45) is 2.08. The number of methoxy groups -OCH3 is 2. The number of anilines is 1. The Kier molecular flexibility index (Phi) is 5.15. The summed E-state index contributed by atoms with van der Waals surface area (Å²) >= 11 is 6.16. The monoisotopic (exact) mass is 448 g/mol. The Hall–Kier alpha value is -2.71. The van der Waals surface area contributed by atoms with E-state index in [1.807, 2.05) is 0 Å². The summed E-state index contributed by atoms with van der Waals surface area (Å²) in [7, 11) is -1.06. The Bertz CT molecular complexity index is 1280. The number of aromatic nitrogens is 1. The number of benzene rings is 2. The van der Waals surface area contributed by atoms with Crippen LogP contribution in [0.25, 0.3) is 10.9 Å². The van der Waals surface area contributed by atoms with Crippen LogP contribution in [0.4, 0.5) is 5.69 Å². The van der Waals surface area contributed by atoms with Crippen molar-refractivity contribution in [3.05, 3.63) is 46.1 Å². The van der Waals surface area contributed by atoms with Gasteiger partial charge in [0, 0.05) is 34.6 Å². The number of hydrogen-bond donors (Lipinski definition) is 2. The van der Waals surface area contributed by atoms with Gasteiger partial charge in [0.2, 0.25) is 0 Å². The first-order chi connectivity index (χ1) is 14.2. The average molecular weight is 449 g/mol. The molecule has 7 nitrogen and oxygen atoms in total. The molecule has 0 saturated heterocycles. The van der Waals surface area contributed by atoms with Crippen molar-refractivity contribution in [1.82, 2.24) is 4.98 Å². The van der Waals surface area contributed by atoms with Crippen LogP contribution < -0.4 is 14.2 Å². The number of hydrogen-bond acceptors (Lipinski definition) is 5. The number of nitrogens with one attached hydrogen (secondary N) is 2. The maximum Gasteiger partial charge on any atom is 0.262 e. The highest BCUT2D eigenvalue weighted by molar-refractivity contribution is 7.92. The minimum Gasteiger partial charge on any atom is -0.495 e. The molecule has 0 bridgehead atoms. The van der Waals surface area contributed by atoms with Gasteiger partial charge in [-0.1, -0.05) is 11.6 Å². The van der Waals surface area contributed by atoms with E-state index in [0.29, 0.717) is 28.8 Å². The quantitative estimate of drug-likeness (QED) is 0.600. The molecular weight excluding hydrogens is 428 g/mol. The third kappa shape index (κ3) is 3.40. The van der Waals surface area contributed by atoms with Crippen LogP contribution in [0.5, 0.6) is 11.5 Å². The van der Waals surface area contributed by atoms with Gasteiger partial charge < -0.3 is 14.5 Å². The number of carbonyl (C=O) groups excluding carboxylic acids is 1. The molecule has 0 radical (unpaired) electrons. The maximum atomic E-state index is 13.2. The van der Waals surface area contributed by atoms with Crippen molar-refractivity contribution in [1.29, 1.82) is 0 Å². The summed E-state index contributed by atoms with van der Waals surface area (Å²) in [5.74, 6) is 0.739. The molecule has 9 heteroatoms. The van der Waals surface area contributed by atoms with Gasteiger partial charge in [0.25, 0.3) is 10.0 Å². The molecule has 3 aromatic rings. The number of Topliss-reactive ketones (excluding diaryl/α,β-unsaturated/α-hetero) is 1. The molecule has 158 valence electrons. The molecule has 2 N–H and O–H groups in total. The zero-order valence-corrected chi connectivity index (χ0v) is 18.3. The second-order valence-corrected chi connectivity index (χ2v) is 9.27. The first kappa shape index (κ1) is 20.6. The molecule has 0 fully saturated rings. The first-order valence-corrected chi connectivity index (χ1v) is 11.2. The van der Waals surface area contributed by atoms with Crippen LogP contribution in [-0.4, -0.2) is 33.4 Å². The van der Waals surface area contributed by atoms with Crippen LogP contribution in [0.2, 0.25) is 5.02 Å². The van der Waals surface area contributed by atoms with Gasteiger partial charge in [0.05, 0.1) is 29.8 Å². The van der Waals surface area contributed by atoms with Crippen LogP contribution in [0.15, 0.2) is 29.2 Å². The Morgan fingerprint density at radius 3 is 2.50 bits per heavy atom.